The van der Waals surface area contributed by atoms with Crippen molar-refractivity contribution in [1.29, 1.82) is 0 Å². The number of amides is 2. The maximum Gasteiger partial charge on any atom is 0.522 e. The highest BCUT2D eigenvalue weighted by molar-refractivity contribution is 6.05. The van der Waals surface area contributed by atoms with Crippen LogP contribution in [-0.4, -0.2) is 63.9 Å². The topological polar surface area (TPSA) is 93.5 Å². The average Bonchev–Trinajstić information content (AvgIpc) is 3.23. The number of hydrogen-bond donors (Lipinski definition) is 1. The van der Waals surface area contributed by atoms with Crippen LogP contribution in [0.15, 0.2) is 24.3 Å². The van der Waals surface area contributed by atoms with Gasteiger partial charge in [0.25, 0.3) is 0 Å². The van der Waals surface area contributed by atoms with Gasteiger partial charge in [0, 0.05) is 24.9 Å². The lowest BCUT2D eigenvalue weighted by Crippen LogP contribution is -2.49. The molecule has 2 amide bonds. The number of nitrogens with one attached hydrogen (secondary N) is 1. The summed E-state index contributed by atoms with van der Waals surface area (Å²) in [6.45, 7) is 0.776. The zero-order valence-corrected chi connectivity index (χ0v) is 17.4. The first kappa shape index (κ1) is 22.3. The van der Waals surface area contributed by atoms with Crippen LogP contribution in [0.2, 0.25) is 0 Å². The Labute approximate surface area is 181 Å². The Bertz CT molecular complexity index is 1050. The Hall–Kier alpha value is -2.95. The Balaban J connectivity index is 1.40. The van der Waals surface area contributed by atoms with Gasteiger partial charge in [-0.3, -0.25) is 23.8 Å². The summed E-state index contributed by atoms with van der Waals surface area (Å²) in [5, 5.41) is 7.58. The first-order valence-corrected chi connectivity index (χ1v) is 10.4. The van der Waals surface area contributed by atoms with Gasteiger partial charge in [-0.05, 0) is 31.2 Å². The van der Waals surface area contributed by atoms with E-state index in [9.17, 15) is 27.6 Å². The smallest absolute Gasteiger partial charge is 0.354 e. The van der Waals surface area contributed by atoms with E-state index in [1.54, 1.807) is 29.2 Å². The quantitative estimate of drug-likeness (QED) is 0.490. The number of likely N-dealkylation sites (tertiary alicyclic amines) is 1. The summed E-state index contributed by atoms with van der Waals surface area (Å²) >= 11 is 0. The minimum absolute atomic E-state index is 0.00583. The summed E-state index contributed by atoms with van der Waals surface area (Å²) in [5.41, 5.74) is 0.942. The van der Waals surface area contributed by atoms with E-state index in [1.807, 2.05) is 0 Å². The lowest BCUT2D eigenvalue weighted by atomic mass is 10.1. The molecule has 2 aliphatic rings. The van der Waals surface area contributed by atoms with Crippen LogP contribution in [-0.2, 0) is 20.9 Å². The predicted molar refractivity (Wildman–Crippen MR) is 107 cm³/mol. The average molecular weight is 452 g/mol. The molecule has 4 rings (SSSR count). The van der Waals surface area contributed by atoms with Crippen LogP contribution in [0.5, 0.6) is 0 Å². The Morgan fingerprint density at radius 1 is 1.22 bits per heavy atom. The first-order chi connectivity index (χ1) is 15.2. The standard InChI is InChI=1S/C21H23F3N4O4/c1-12(29)19-14-5-2-3-6-15(14)27(26-19)11-18(30)28-16-9-13(16)10-17(28)20(31)25-7-4-8-32-21(22,23)24/h2-3,5-6,13,16-17H,4,7-11H2,1H3,(H,25,31)/t13-,16-,17+/m1/s1. The van der Waals surface area contributed by atoms with Gasteiger partial charge in [0.1, 0.15) is 18.3 Å². The van der Waals surface area contributed by atoms with Gasteiger partial charge in [0.15, 0.2) is 5.78 Å². The number of piperidine rings is 1. The monoisotopic (exact) mass is 452 g/mol. The second kappa shape index (κ2) is 8.53. The summed E-state index contributed by atoms with van der Waals surface area (Å²) in [6.07, 6.45) is -3.34. The predicted octanol–water partition coefficient (Wildman–Crippen LogP) is 2.27. The van der Waals surface area contributed by atoms with E-state index in [2.05, 4.69) is 15.2 Å². The van der Waals surface area contributed by atoms with Crippen LogP contribution in [0.4, 0.5) is 13.2 Å². The van der Waals surface area contributed by atoms with Crippen molar-refractivity contribution < 1.29 is 32.3 Å². The second-order valence-electron chi connectivity index (χ2n) is 8.13. The summed E-state index contributed by atoms with van der Waals surface area (Å²) < 4.78 is 41.2. The number of halogens is 3. The molecule has 32 heavy (non-hydrogen) atoms. The van der Waals surface area contributed by atoms with Crippen molar-refractivity contribution in [2.75, 3.05) is 13.2 Å². The molecule has 1 aliphatic carbocycles. The van der Waals surface area contributed by atoms with E-state index in [-0.39, 0.29) is 54.8 Å². The first-order valence-electron chi connectivity index (χ1n) is 10.4. The fraction of sp³-hybridized carbons (Fsp3) is 0.524. The van der Waals surface area contributed by atoms with Gasteiger partial charge in [0.2, 0.25) is 11.8 Å². The Morgan fingerprint density at radius 2 is 1.97 bits per heavy atom. The molecule has 1 aromatic heterocycles. The van der Waals surface area contributed by atoms with E-state index < -0.39 is 19.0 Å². The number of ether oxygens (including phenoxy) is 1. The van der Waals surface area contributed by atoms with Gasteiger partial charge in [0.05, 0.1) is 12.1 Å². The normalized spacial score (nSPS) is 22.1. The summed E-state index contributed by atoms with van der Waals surface area (Å²) in [7, 11) is 0. The van der Waals surface area contributed by atoms with Crippen molar-refractivity contribution in [3.05, 3.63) is 30.0 Å². The zero-order valence-electron chi connectivity index (χ0n) is 17.4. The minimum atomic E-state index is -4.70. The molecule has 172 valence electrons. The van der Waals surface area contributed by atoms with E-state index in [0.717, 1.165) is 6.42 Å². The fourth-order valence-electron chi connectivity index (χ4n) is 4.36. The molecule has 1 N–H and O–H groups in total. The molecule has 2 aromatic rings. The molecule has 0 spiro atoms. The number of benzene rings is 1. The van der Waals surface area contributed by atoms with E-state index >= 15 is 0 Å². The second-order valence-corrected chi connectivity index (χ2v) is 8.13. The van der Waals surface area contributed by atoms with Crippen LogP contribution in [0.1, 0.15) is 36.7 Å². The number of rotatable bonds is 8. The van der Waals surface area contributed by atoms with Crippen molar-refractivity contribution in [3.63, 3.8) is 0 Å². The van der Waals surface area contributed by atoms with Crippen molar-refractivity contribution in [3.8, 4) is 0 Å². The molecule has 2 heterocycles. The molecule has 0 unspecified atom stereocenters. The van der Waals surface area contributed by atoms with Crippen LogP contribution >= 0.6 is 0 Å². The molecule has 0 radical (unpaired) electrons. The van der Waals surface area contributed by atoms with Gasteiger partial charge in [-0.2, -0.15) is 5.10 Å². The largest absolute Gasteiger partial charge is 0.522 e. The van der Waals surface area contributed by atoms with Gasteiger partial charge >= 0.3 is 6.36 Å². The highest BCUT2D eigenvalue weighted by atomic mass is 19.4. The molecular formula is C21H23F3N4O4. The van der Waals surface area contributed by atoms with Crippen molar-refractivity contribution in [2.45, 2.75) is 51.2 Å². The molecule has 1 saturated heterocycles. The maximum absolute atomic E-state index is 13.1. The molecular weight excluding hydrogens is 429 g/mol. The van der Waals surface area contributed by atoms with E-state index in [1.165, 1.54) is 11.6 Å². The van der Waals surface area contributed by atoms with Crippen LogP contribution in [0, 0.1) is 5.92 Å². The SMILES string of the molecule is CC(=O)c1nn(CC(=O)N2[C@@H]3C[C@@H]3C[C@H]2C(=O)NCCCOC(F)(F)F)c2ccccc12. The number of fused-ring (bicyclic) bond motifs is 2. The third-order valence-corrected chi connectivity index (χ3v) is 5.86. The van der Waals surface area contributed by atoms with E-state index in [0.29, 0.717) is 17.3 Å². The molecule has 3 atom stereocenters. The summed E-state index contributed by atoms with van der Waals surface area (Å²) in [6, 6.07) is 6.45. The number of ketones is 1. The van der Waals surface area contributed by atoms with Crippen molar-refractivity contribution in [2.24, 2.45) is 5.92 Å². The number of aromatic nitrogens is 2. The number of alkyl halides is 3. The summed E-state index contributed by atoms with van der Waals surface area (Å²) in [5.74, 6) is -0.612. The Kier molecular flexibility index (Phi) is 5.93. The number of nitrogens with zero attached hydrogens (tertiary/aromatic N) is 3. The number of Topliss-reactive ketones (excluding diaryl/α,β-unsaturated/α-hetero) is 1. The molecule has 11 heteroatoms. The molecule has 1 aliphatic heterocycles. The maximum atomic E-state index is 13.1. The van der Waals surface area contributed by atoms with Gasteiger partial charge < -0.3 is 10.2 Å². The van der Waals surface area contributed by atoms with Gasteiger partial charge in [-0.25, -0.2) is 0 Å². The van der Waals surface area contributed by atoms with Gasteiger partial charge in [-0.1, -0.05) is 18.2 Å². The highest BCUT2D eigenvalue weighted by Gasteiger charge is 2.55. The van der Waals surface area contributed by atoms with Crippen molar-refractivity contribution >= 4 is 28.5 Å². The molecule has 2 fully saturated rings. The van der Waals surface area contributed by atoms with Crippen LogP contribution in [0.25, 0.3) is 10.9 Å². The lowest BCUT2D eigenvalue weighted by molar-refractivity contribution is -0.324. The lowest BCUT2D eigenvalue weighted by Gasteiger charge is -2.27. The van der Waals surface area contributed by atoms with E-state index in [4.69, 9.17) is 0 Å². The van der Waals surface area contributed by atoms with Crippen molar-refractivity contribution in [1.82, 2.24) is 20.0 Å². The van der Waals surface area contributed by atoms with Gasteiger partial charge in [-0.15, -0.1) is 13.2 Å². The molecule has 0 bridgehead atoms. The number of para-hydroxylation sites is 1. The molecule has 1 aromatic carbocycles. The number of carbonyl (C=O) groups is 3. The summed E-state index contributed by atoms with van der Waals surface area (Å²) in [4.78, 5) is 39.2. The highest BCUT2D eigenvalue weighted by Crippen LogP contribution is 2.48. The zero-order chi connectivity index (χ0) is 23.0. The fourth-order valence-corrected chi connectivity index (χ4v) is 4.36. The third-order valence-electron chi connectivity index (χ3n) is 5.86. The Morgan fingerprint density at radius 3 is 2.69 bits per heavy atom. The third kappa shape index (κ3) is 4.62. The number of hydrogen-bond acceptors (Lipinski definition) is 5. The minimum Gasteiger partial charge on any atom is -0.354 e. The van der Waals surface area contributed by atoms with Crippen LogP contribution < -0.4 is 5.32 Å². The molecule has 8 nitrogen and oxygen atoms in total. The molecule has 1 saturated carbocycles. The number of carbonyl (C=O) groups excluding carboxylic acids is 3. The van der Waals surface area contributed by atoms with Crippen LogP contribution in [0.3, 0.4) is 0 Å².